The first-order valence-corrected chi connectivity index (χ1v) is 8.82. The lowest BCUT2D eigenvalue weighted by molar-refractivity contribution is -0.145. The molecule has 0 aliphatic carbocycles. The molecule has 1 aliphatic heterocycles. The molecule has 28 heavy (non-hydrogen) atoms. The van der Waals surface area contributed by atoms with E-state index in [1.807, 2.05) is 41.1 Å². The molecular formula is C19H18F3N5O. The number of fused-ring (bicyclic) bond motifs is 1. The van der Waals surface area contributed by atoms with Gasteiger partial charge in [-0.05, 0) is 12.5 Å². The second-order valence-corrected chi connectivity index (χ2v) is 6.93. The molecule has 4 rings (SSSR count). The van der Waals surface area contributed by atoms with Crippen molar-refractivity contribution in [2.45, 2.75) is 32.6 Å². The van der Waals surface area contributed by atoms with Crippen LogP contribution in [0.5, 0.6) is 0 Å². The van der Waals surface area contributed by atoms with Crippen LogP contribution in [0.3, 0.4) is 0 Å². The fourth-order valence-corrected chi connectivity index (χ4v) is 3.39. The highest BCUT2D eigenvalue weighted by Crippen LogP contribution is 2.28. The molecule has 0 atom stereocenters. The molecule has 9 heteroatoms. The lowest BCUT2D eigenvalue weighted by Crippen LogP contribution is -2.36. The van der Waals surface area contributed by atoms with E-state index in [0.29, 0.717) is 25.1 Å². The predicted octanol–water partition coefficient (Wildman–Crippen LogP) is 3.05. The molecular weight excluding hydrogens is 371 g/mol. The number of nitrogens with one attached hydrogen (secondary N) is 2. The van der Waals surface area contributed by atoms with Crippen molar-refractivity contribution in [3.63, 3.8) is 0 Å². The molecule has 3 heterocycles. The monoisotopic (exact) mass is 389 g/mol. The first-order valence-electron chi connectivity index (χ1n) is 8.82. The molecule has 0 bridgehead atoms. The summed E-state index contributed by atoms with van der Waals surface area (Å²) in [6.07, 6.45) is -2.63. The van der Waals surface area contributed by atoms with Gasteiger partial charge in [0, 0.05) is 31.6 Å². The summed E-state index contributed by atoms with van der Waals surface area (Å²) in [5, 5.41) is 7.13. The Labute approximate surface area is 158 Å². The van der Waals surface area contributed by atoms with Gasteiger partial charge < -0.3 is 4.98 Å². The summed E-state index contributed by atoms with van der Waals surface area (Å²) in [6.45, 7) is 3.30. The number of hydrogen-bond donors (Lipinski definition) is 2. The number of benzene rings is 1. The van der Waals surface area contributed by atoms with Crippen LogP contribution in [-0.2, 0) is 25.7 Å². The molecule has 0 fully saturated rings. The van der Waals surface area contributed by atoms with Gasteiger partial charge in [0.05, 0.1) is 23.1 Å². The number of H-pyrrole nitrogens is 2. The molecule has 1 aliphatic rings. The van der Waals surface area contributed by atoms with Crippen molar-refractivity contribution in [3.8, 4) is 11.3 Å². The van der Waals surface area contributed by atoms with Crippen LogP contribution in [0.4, 0.5) is 13.2 Å². The van der Waals surface area contributed by atoms with Gasteiger partial charge in [-0.1, -0.05) is 29.8 Å². The quantitative estimate of drug-likeness (QED) is 0.722. The fourth-order valence-electron chi connectivity index (χ4n) is 3.39. The van der Waals surface area contributed by atoms with Gasteiger partial charge >= 0.3 is 6.18 Å². The SMILES string of the molecule is Cc1ccc(-c2[nH]ncc2CN2CCc3nc(C(F)(F)F)[nH]c(=O)c3C2)cc1. The molecule has 0 spiro atoms. The van der Waals surface area contributed by atoms with Crippen molar-refractivity contribution in [3.05, 3.63) is 69.0 Å². The summed E-state index contributed by atoms with van der Waals surface area (Å²) in [4.78, 5) is 19.7. The molecule has 0 unspecified atom stereocenters. The average molecular weight is 389 g/mol. The number of aryl methyl sites for hydroxylation is 1. The topological polar surface area (TPSA) is 77.7 Å². The standard InChI is InChI=1S/C19H18F3N5O/c1-11-2-4-12(5-3-11)16-13(8-23-26-16)9-27-7-6-15-14(10-27)17(28)25-18(24-15)19(20,21)22/h2-5,8H,6-7,9-10H2,1H3,(H,23,26)(H,24,25,28). The first-order chi connectivity index (χ1) is 13.3. The molecule has 0 radical (unpaired) electrons. The minimum atomic E-state index is -4.66. The van der Waals surface area contributed by atoms with E-state index in [9.17, 15) is 18.0 Å². The van der Waals surface area contributed by atoms with Crippen molar-refractivity contribution >= 4 is 0 Å². The Morgan fingerprint density at radius 3 is 2.68 bits per heavy atom. The number of halogens is 3. The van der Waals surface area contributed by atoms with Crippen molar-refractivity contribution in [2.75, 3.05) is 6.54 Å². The van der Waals surface area contributed by atoms with Gasteiger partial charge in [-0.2, -0.15) is 18.3 Å². The maximum Gasteiger partial charge on any atom is 0.449 e. The van der Waals surface area contributed by atoms with Crippen molar-refractivity contribution < 1.29 is 13.2 Å². The largest absolute Gasteiger partial charge is 0.449 e. The molecule has 2 aromatic heterocycles. The van der Waals surface area contributed by atoms with Crippen LogP contribution in [0.25, 0.3) is 11.3 Å². The summed E-state index contributed by atoms with van der Waals surface area (Å²) in [5.41, 5.74) is 3.80. The highest BCUT2D eigenvalue weighted by Gasteiger charge is 2.36. The van der Waals surface area contributed by atoms with Gasteiger partial charge in [-0.25, -0.2) is 4.98 Å². The number of hydrogen-bond acceptors (Lipinski definition) is 4. The lowest BCUT2D eigenvalue weighted by atomic mass is 10.0. The number of aromatic nitrogens is 4. The van der Waals surface area contributed by atoms with Crippen molar-refractivity contribution in [2.24, 2.45) is 0 Å². The Kier molecular flexibility index (Phi) is 4.54. The molecule has 3 aromatic rings. The number of nitrogens with zero attached hydrogens (tertiary/aromatic N) is 3. The average Bonchev–Trinajstić information content (AvgIpc) is 3.10. The van der Waals surface area contributed by atoms with E-state index in [4.69, 9.17) is 0 Å². The Morgan fingerprint density at radius 1 is 1.21 bits per heavy atom. The van der Waals surface area contributed by atoms with Gasteiger partial charge in [0.1, 0.15) is 0 Å². The van der Waals surface area contributed by atoms with E-state index in [2.05, 4.69) is 15.2 Å². The summed E-state index contributed by atoms with van der Waals surface area (Å²) in [7, 11) is 0. The van der Waals surface area contributed by atoms with Crippen molar-refractivity contribution in [1.82, 2.24) is 25.1 Å². The van der Waals surface area contributed by atoms with Crippen LogP contribution >= 0.6 is 0 Å². The zero-order valence-corrected chi connectivity index (χ0v) is 15.1. The van der Waals surface area contributed by atoms with E-state index in [-0.39, 0.29) is 12.2 Å². The Hall–Kier alpha value is -2.94. The number of rotatable bonds is 3. The van der Waals surface area contributed by atoms with Crippen LogP contribution in [0.1, 0.15) is 28.2 Å². The molecule has 0 amide bonds. The summed E-state index contributed by atoms with van der Waals surface area (Å²) >= 11 is 0. The van der Waals surface area contributed by atoms with E-state index in [1.165, 1.54) is 0 Å². The summed E-state index contributed by atoms with van der Waals surface area (Å²) in [5.74, 6) is -1.24. The molecule has 2 N–H and O–H groups in total. The number of alkyl halides is 3. The third-order valence-corrected chi connectivity index (χ3v) is 4.87. The van der Waals surface area contributed by atoms with Gasteiger partial charge in [-0.3, -0.25) is 14.8 Å². The zero-order valence-electron chi connectivity index (χ0n) is 15.1. The third-order valence-electron chi connectivity index (χ3n) is 4.87. The highest BCUT2D eigenvalue weighted by molar-refractivity contribution is 5.62. The van der Waals surface area contributed by atoms with Crippen LogP contribution in [0.2, 0.25) is 0 Å². The maximum atomic E-state index is 12.8. The van der Waals surface area contributed by atoms with Gasteiger partial charge in [0.25, 0.3) is 5.56 Å². The van der Waals surface area contributed by atoms with E-state index < -0.39 is 17.6 Å². The molecule has 146 valence electrons. The minimum absolute atomic E-state index is 0.221. The summed E-state index contributed by atoms with van der Waals surface area (Å²) in [6, 6.07) is 8.04. The van der Waals surface area contributed by atoms with Crippen LogP contribution < -0.4 is 5.56 Å². The van der Waals surface area contributed by atoms with Gasteiger partial charge in [-0.15, -0.1) is 0 Å². The highest BCUT2D eigenvalue weighted by atomic mass is 19.4. The molecule has 0 saturated heterocycles. The van der Waals surface area contributed by atoms with Gasteiger partial charge in [0.2, 0.25) is 5.82 Å². The smallest absolute Gasteiger partial charge is 0.303 e. The van der Waals surface area contributed by atoms with E-state index in [1.54, 1.807) is 6.20 Å². The second-order valence-electron chi connectivity index (χ2n) is 6.93. The fraction of sp³-hybridized carbons (Fsp3) is 0.316. The molecule has 6 nitrogen and oxygen atoms in total. The van der Waals surface area contributed by atoms with E-state index in [0.717, 1.165) is 22.4 Å². The third kappa shape index (κ3) is 3.57. The lowest BCUT2D eigenvalue weighted by Gasteiger charge is -2.27. The van der Waals surface area contributed by atoms with Gasteiger partial charge in [0.15, 0.2) is 0 Å². The normalized spacial score (nSPS) is 14.9. The van der Waals surface area contributed by atoms with Crippen LogP contribution in [0.15, 0.2) is 35.3 Å². The Morgan fingerprint density at radius 2 is 1.96 bits per heavy atom. The minimum Gasteiger partial charge on any atom is -0.303 e. The molecule has 1 aromatic carbocycles. The second kappa shape index (κ2) is 6.90. The van der Waals surface area contributed by atoms with E-state index >= 15 is 0 Å². The van der Waals surface area contributed by atoms with Crippen LogP contribution in [0, 0.1) is 6.92 Å². The van der Waals surface area contributed by atoms with Crippen molar-refractivity contribution in [1.29, 1.82) is 0 Å². The molecule has 0 saturated carbocycles. The number of aromatic amines is 2. The maximum absolute atomic E-state index is 12.8. The Bertz CT molecular complexity index is 1050. The Balaban J connectivity index is 1.56. The van der Waals surface area contributed by atoms with Crippen LogP contribution in [-0.4, -0.2) is 31.6 Å². The zero-order chi connectivity index (χ0) is 19.9. The first kappa shape index (κ1) is 18.4. The summed E-state index contributed by atoms with van der Waals surface area (Å²) < 4.78 is 38.5. The predicted molar refractivity (Wildman–Crippen MR) is 96.4 cm³/mol.